The van der Waals surface area contributed by atoms with Gasteiger partial charge in [0.1, 0.15) is 0 Å². The van der Waals surface area contributed by atoms with Gasteiger partial charge in [-0.15, -0.1) is 0 Å². The van der Waals surface area contributed by atoms with Crippen molar-refractivity contribution >= 4 is 41.6 Å². The lowest BCUT2D eigenvalue weighted by Gasteiger charge is -2.07. The van der Waals surface area contributed by atoms with Crippen LogP contribution in [0.4, 0.5) is 0 Å². The van der Waals surface area contributed by atoms with Crippen LogP contribution < -0.4 is 5.32 Å². The van der Waals surface area contributed by atoms with Crippen molar-refractivity contribution in [2.45, 2.75) is 24.2 Å². The van der Waals surface area contributed by atoms with Gasteiger partial charge in [-0.2, -0.15) is 0 Å². The minimum atomic E-state index is -3.87. The van der Waals surface area contributed by atoms with E-state index >= 15 is 0 Å². The molecule has 0 unspecified atom stereocenters. The van der Waals surface area contributed by atoms with Gasteiger partial charge in [0.15, 0.2) is 0 Å². The normalized spacial score (nSPS) is 15.3. The van der Waals surface area contributed by atoms with Gasteiger partial charge in [0.25, 0.3) is 15.0 Å². The summed E-state index contributed by atoms with van der Waals surface area (Å²) in [6.45, 7) is 0.614. The fourth-order valence-electron chi connectivity index (χ4n) is 1.73. The van der Waals surface area contributed by atoms with Gasteiger partial charge < -0.3 is 5.32 Å². The molecule has 1 aliphatic rings. The highest BCUT2D eigenvalue weighted by Gasteiger charge is 2.21. The molecule has 1 aliphatic carbocycles. The van der Waals surface area contributed by atoms with E-state index in [0.29, 0.717) is 16.6 Å². The van der Waals surface area contributed by atoms with E-state index < -0.39 is 9.05 Å². The fourth-order valence-corrected chi connectivity index (χ4v) is 3.85. The van der Waals surface area contributed by atoms with Gasteiger partial charge in [-0.25, -0.2) is 8.42 Å². The summed E-state index contributed by atoms with van der Waals surface area (Å²) in [6, 6.07) is 4.34. The van der Waals surface area contributed by atoms with Crippen LogP contribution in [0.3, 0.4) is 0 Å². The van der Waals surface area contributed by atoms with E-state index in [-0.39, 0.29) is 10.8 Å². The van der Waals surface area contributed by atoms with Crippen molar-refractivity contribution < 1.29 is 13.2 Å². The number of nitrogens with one attached hydrogen (secondary N) is 1. The third kappa shape index (κ3) is 4.19. The standard InChI is InChI=1S/C12H13BrClNO3S/c13-10-4-3-9(7-11(10)19(14,17)18)12(16)15-6-5-8-1-2-8/h3-4,7-8H,1-2,5-6H2,(H,15,16). The van der Waals surface area contributed by atoms with E-state index in [9.17, 15) is 13.2 Å². The van der Waals surface area contributed by atoms with Crippen molar-refractivity contribution in [2.75, 3.05) is 6.54 Å². The number of rotatable bonds is 5. The monoisotopic (exact) mass is 365 g/mol. The average molecular weight is 367 g/mol. The maximum Gasteiger partial charge on any atom is 0.262 e. The number of carbonyl (C=O) groups excluding carboxylic acids is 1. The maximum atomic E-state index is 11.9. The molecule has 0 bridgehead atoms. The summed E-state index contributed by atoms with van der Waals surface area (Å²) in [5, 5.41) is 2.78. The van der Waals surface area contributed by atoms with Crippen molar-refractivity contribution in [1.82, 2.24) is 5.32 Å². The van der Waals surface area contributed by atoms with Crippen molar-refractivity contribution in [3.05, 3.63) is 28.2 Å². The van der Waals surface area contributed by atoms with Crippen molar-refractivity contribution in [3.63, 3.8) is 0 Å². The number of amides is 1. The number of hydrogen-bond acceptors (Lipinski definition) is 3. The third-order valence-corrected chi connectivity index (χ3v) is 5.31. The minimum Gasteiger partial charge on any atom is -0.352 e. The summed E-state index contributed by atoms with van der Waals surface area (Å²) in [5.74, 6) is 0.457. The molecular formula is C12H13BrClNO3S. The van der Waals surface area contributed by atoms with E-state index in [1.807, 2.05) is 0 Å². The van der Waals surface area contributed by atoms with E-state index in [1.54, 1.807) is 6.07 Å². The Bertz CT molecular complexity index is 599. The van der Waals surface area contributed by atoms with Crippen LogP contribution in [0.25, 0.3) is 0 Å². The Balaban J connectivity index is 2.08. The van der Waals surface area contributed by atoms with Crippen LogP contribution in [0.15, 0.2) is 27.6 Å². The molecule has 0 atom stereocenters. The highest BCUT2D eigenvalue weighted by atomic mass is 79.9. The lowest BCUT2D eigenvalue weighted by Crippen LogP contribution is -2.24. The minimum absolute atomic E-state index is 0.0935. The Labute approximate surface area is 125 Å². The Hall–Kier alpha value is -0.590. The van der Waals surface area contributed by atoms with Gasteiger partial charge in [-0.3, -0.25) is 4.79 Å². The Kier molecular flexibility index (Phi) is 4.53. The van der Waals surface area contributed by atoms with Gasteiger partial charge in [0.05, 0.1) is 4.90 Å². The molecule has 4 nitrogen and oxygen atoms in total. The van der Waals surface area contributed by atoms with Crippen molar-refractivity contribution in [2.24, 2.45) is 5.92 Å². The quantitative estimate of drug-likeness (QED) is 0.815. The summed E-state index contributed by atoms with van der Waals surface area (Å²) in [5.41, 5.74) is 0.290. The summed E-state index contributed by atoms with van der Waals surface area (Å²) in [7, 11) is 1.44. The summed E-state index contributed by atoms with van der Waals surface area (Å²) >= 11 is 3.10. The van der Waals surface area contributed by atoms with E-state index in [4.69, 9.17) is 10.7 Å². The molecule has 19 heavy (non-hydrogen) atoms. The SMILES string of the molecule is O=C(NCCC1CC1)c1ccc(Br)c(S(=O)(=O)Cl)c1. The molecule has 1 amide bonds. The summed E-state index contributed by atoms with van der Waals surface area (Å²) in [4.78, 5) is 11.8. The molecule has 1 saturated carbocycles. The fraction of sp³-hybridized carbons (Fsp3) is 0.417. The van der Waals surface area contributed by atoms with Gasteiger partial charge in [-0.05, 0) is 46.5 Å². The van der Waals surface area contributed by atoms with Crippen LogP contribution in [-0.4, -0.2) is 20.9 Å². The lowest BCUT2D eigenvalue weighted by atomic mass is 10.2. The zero-order chi connectivity index (χ0) is 14.0. The molecule has 1 aromatic carbocycles. The molecule has 0 heterocycles. The van der Waals surface area contributed by atoms with Gasteiger partial charge in [-0.1, -0.05) is 12.8 Å². The first-order valence-electron chi connectivity index (χ1n) is 5.90. The molecule has 0 aromatic heterocycles. The molecule has 0 aliphatic heterocycles. The van der Waals surface area contributed by atoms with E-state index in [2.05, 4.69) is 21.2 Å². The van der Waals surface area contributed by atoms with Crippen molar-refractivity contribution in [1.29, 1.82) is 0 Å². The molecule has 0 saturated heterocycles. The predicted octanol–water partition coefficient (Wildman–Crippen LogP) is 2.91. The van der Waals surface area contributed by atoms with Crippen LogP contribution in [0.5, 0.6) is 0 Å². The topological polar surface area (TPSA) is 63.2 Å². The molecule has 104 valence electrons. The van der Waals surface area contributed by atoms with Crippen LogP contribution in [-0.2, 0) is 9.05 Å². The van der Waals surface area contributed by atoms with Crippen LogP contribution in [0, 0.1) is 5.92 Å². The Morgan fingerprint density at radius 3 is 2.68 bits per heavy atom. The lowest BCUT2D eigenvalue weighted by molar-refractivity contribution is 0.0952. The summed E-state index contributed by atoms with van der Waals surface area (Å²) in [6.07, 6.45) is 3.45. The number of benzene rings is 1. The molecule has 7 heteroatoms. The molecule has 2 rings (SSSR count). The van der Waals surface area contributed by atoms with Gasteiger partial charge in [0, 0.05) is 27.3 Å². The maximum absolute atomic E-state index is 11.9. The molecule has 0 spiro atoms. The molecular weight excluding hydrogens is 354 g/mol. The van der Waals surface area contributed by atoms with Gasteiger partial charge >= 0.3 is 0 Å². The Morgan fingerprint density at radius 1 is 1.42 bits per heavy atom. The van der Waals surface area contributed by atoms with Crippen LogP contribution >= 0.6 is 26.6 Å². The first-order chi connectivity index (χ1) is 8.88. The Morgan fingerprint density at radius 2 is 2.11 bits per heavy atom. The first-order valence-corrected chi connectivity index (χ1v) is 9.00. The van der Waals surface area contributed by atoms with Crippen LogP contribution in [0.2, 0.25) is 0 Å². The zero-order valence-corrected chi connectivity index (χ0v) is 13.2. The number of halogens is 2. The second-order valence-corrected chi connectivity index (χ2v) is 7.96. The first kappa shape index (κ1) is 14.8. The average Bonchev–Trinajstić information content (AvgIpc) is 3.12. The number of carbonyl (C=O) groups is 1. The number of hydrogen-bond donors (Lipinski definition) is 1. The smallest absolute Gasteiger partial charge is 0.262 e. The third-order valence-electron chi connectivity index (χ3n) is 2.99. The highest BCUT2D eigenvalue weighted by molar-refractivity contribution is 9.10. The zero-order valence-electron chi connectivity index (χ0n) is 10.0. The largest absolute Gasteiger partial charge is 0.352 e. The van der Waals surface area contributed by atoms with Gasteiger partial charge in [0.2, 0.25) is 0 Å². The molecule has 0 radical (unpaired) electrons. The van der Waals surface area contributed by atoms with Crippen LogP contribution in [0.1, 0.15) is 29.6 Å². The second kappa shape index (κ2) is 5.81. The molecule has 1 fully saturated rings. The highest BCUT2D eigenvalue weighted by Crippen LogP contribution is 2.31. The van der Waals surface area contributed by atoms with E-state index in [0.717, 1.165) is 12.3 Å². The molecule has 1 N–H and O–H groups in total. The molecule has 1 aromatic rings. The van der Waals surface area contributed by atoms with Crippen molar-refractivity contribution in [3.8, 4) is 0 Å². The second-order valence-electron chi connectivity index (χ2n) is 4.57. The van der Waals surface area contributed by atoms with E-state index in [1.165, 1.54) is 25.0 Å². The summed E-state index contributed by atoms with van der Waals surface area (Å²) < 4.78 is 23.0. The predicted molar refractivity (Wildman–Crippen MR) is 76.9 cm³/mol.